The Balaban J connectivity index is 0.000000317. The molecule has 12 heterocycles. The van der Waals surface area contributed by atoms with Gasteiger partial charge in [-0.05, 0) is 241 Å². The lowest BCUT2D eigenvalue weighted by Gasteiger charge is -2.23. The molecule has 15 nitrogen and oxygen atoms in total. The van der Waals surface area contributed by atoms with Gasteiger partial charge in [0.25, 0.3) is 0 Å². The van der Waals surface area contributed by atoms with E-state index in [1.807, 2.05) is 11.8 Å². The molecule has 20 heteroatoms. The summed E-state index contributed by atoms with van der Waals surface area (Å²) in [5, 5.41) is 19.7. The average Bonchev–Trinajstić information content (AvgIpc) is 1.61. The highest BCUT2D eigenvalue weighted by atomic mass is 32.2. The van der Waals surface area contributed by atoms with Crippen molar-refractivity contribution in [2.45, 2.75) is 392 Å². The van der Waals surface area contributed by atoms with Crippen molar-refractivity contribution in [1.82, 2.24) is 31.9 Å². The van der Waals surface area contributed by atoms with Crippen LogP contribution in [-0.4, -0.2) is 205 Å². The van der Waals surface area contributed by atoms with Gasteiger partial charge >= 0.3 is 0 Å². The van der Waals surface area contributed by atoms with Crippen LogP contribution in [0.15, 0.2) is 12.2 Å². The number of rotatable bonds is 0. The fourth-order valence-corrected chi connectivity index (χ4v) is 19.8. The van der Waals surface area contributed by atoms with Gasteiger partial charge in [-0.25, -0.2) is 16.8 Å². The van der Waals surface area contributed by atoms with Crippen LogP contribution in [0.4, 0.5) is 0 Å². The smallest absolute Gasteiger partial charge is 0.188 e. The standard InChI is InChI=1S/C7H14.C6H13N.C6H12O.3C6H10.2C5H11N.C5H10O.C5H10.C4H9NO2S.C4H9NO.C4H9NS.C4H8O2S.C4H6OS.C4H8O.C4H8S.2C4H8.C3H6/c3*1-2-4-6-7-5-3-1;1-2-6(3-1)4-5-6;1-2-5-4-6(5)3-1;1-6-4-2-3-5-6;3*1-2-4-6-5-3-1;1-2-4-5-3-1;6-8(7)3-1-5-2-4-8;2*1-3-6-4-2-5-1;5-7(6)3-1-2-4-7;5-4-2-1-3-6-4;2*1-2-4-5-3-1;2*1-2-4-3-1;1-2-3-1/h1-7H2;7H,1-6H2;1-6H2;1-5H2;5-6H,1-4H2;1-5H2;2*6H,1-5H2;1-5H2;1-5H2;5H,1-4H2;2*5H,1-4H2;1-4H2;1-3H2;2*1-4H2;2*1-4H2;1-3H2. The minimum atomic E-state index is -2.65. The lowest BCUT2D eigenvalue weighted by molar-refractivity contribution is -0.110. The molecular formula is C96H190N6O9S5. The fourth-order valence-electron chi connectivity index (χ4n) is 14.6. The number of thioether (sulfide) groups is 3. The Morgan fingerprint density at radius 2 is 0.569 bits per heavy atom. The molecule has 22 aliphatic rings. The van der Waals surface area contributed by atoms with Crippen LogP contribution in [0.25, 0.3) is 0 Å². The van der Waals surface area contributed by atoms with Crippen molar-refractivity contribution < 1.29 is 40.6 Å². The second kappa shape index (κ2) is 84.5. The van der Waals surface area contributed by atoms with Gasteiger partial charge in [0, 0.05) is 103 Å². The van der Waals surface area contributed by atoms with E-state index in [4.69, 9.17) is 18.9 Å². The molecule has 22 rings (SSSR count). The predicted molar refractivity (Wildman–Crippen MR) is 510 cm³/mol. The monoisotopic (exact) mass is 1730 g/mol. The van der Waals surface area contributed by atoms with Crippen molar-refractivity contribution in [3.63, 3.8) is 0 Å². The van der Waals surface area contributed by atoms with E-state index in [0.717, 1.165) is 103 Å². The molecule has 12 saturated heterocycles. The molecule has 0 amide bonds. The van der Waals surface area contributed by atoms with Gasteiger partial charge in [0.15, 0.2) is 15.0 Å². The summed E-state index contributed by atoms with van der Waals surface area (Å²) in [4.78, 5) is 10.2. The highest BCUT2D eigenvalue weighted by molar-refractivity contribution is 8.14. The molecule has 0 radical (unpaired) electrons. The lowest BCUT2D eigenvalue weighted by Crippen LogP contribution is -2.35. The topological polar surface area (TPSA) is 194 Å². The predicted octanol–water partition coefficient (Wildman–Crippen LogP) is 22.8. The zero-order valence-corrected chi connectivity index (χ0v) is 79.8. The van der Waals surface area contributed by atoms with Crippen LogP contribution in [0.1, 0.15) is 392 Å². The lowest BCUT2D eigenvalue weighted by atomic mass is 9.82. The van der Waals surface area contributed by atoms with Crippen LogP contribution in [0.3, 0.4) is 0 Å². The number of morpholine rings is 1. The zero-order valence-electron chi connectivity index (χ0n) is 75.7. The van der Waals surface area contributed by atoms with E-state index in [2.05, 4.69) is 50.2 Å². The van der Waals surface area contributed by atoms with Gasteiger partial charge in [-0.1, -0.05) is 236 Å². The summed E-state index contributed by atoms with van der Waals surface area (Å²) < 4.78 is 62.3. The third kappa shape index (κ3) is 82.3. The molecular weight excluding hydrogens is 1540 g/mol. The summed E-state index contributed by atoms with van der Waals surface area (Å²) in [6.45, 7) is 24.9. The number of hydrogen-bond donors (Lipinski definition) is 6. The number of piperidine rings is 2. The molecule has 116 heavy (non-hydrogen) atoms. The normalized spacial score (nSPS) is 26.4. The van der Waals surface area contributed by atoms with Crippen molar-refractivity contribution >= 4 is 60.1 Å². The fraction of sp³-hybridized carbons (Fsp3) is 0.969. The maximum atomic E-state index is 10.6. The average molecular weight is 1730 g/mol. The molecule has 10 aliphatic carbocycles. The molecule has 12 aliphatic heterocycles. The second-order valence-electron chi connectivity index (χ2n) is 35.6. The molecule has 0 aromatic carbocycles. The van der Waals surface area contributed by atoms with E-state index < -0.39 is 19.7 Å². The molecule has 22 fully saturated rings. The molecule has 2 unspecified atom stereocenters. The van der Waals surface area contributed by atoms with Gasteiger partial charge in [-0.3, -0.25) is 4.79 Å². The summed E-state index contributed by atoms with van der Waals surface area (Å²) in [7, 11) is -5.19. The molecule has 0 aromatic heterocycles. The Morgan fingerprint density at radius 3 is 0.724 bits per heavy atom. The van der Waals surface area contributed by atoms with Gasteiger partial charge < -0.3 is 50.8 Å². The third-order valence-electron chi connectivity index (χ3n) is 24.0. The molecule has 2 atom stereocenters. The molecule has 688 valence electrons. The number of allylic oxidation sites excluding steroid dienone is 1. The summed E-state index contributed by atoms with van der Waals surface area (Å²) in [6.07, 6.45) is 86.3. The molecule has 0 aromatic rings. The third-order valence-corrected chi connectivity index (χ3v) is 30.6. The number of hydrogen-bond acceptors (Lipinski definition) is 18. The van der Waals surface area contributed by atoms with Crippen molar-refractivity contribution in [1.29, 1.82) is 0 Å². The zero-order chi connectivity index (χ0) is 82.6. The van der Waals surface area contributed by atoms with Crippen LogP contribution < -0.4 is 31.9 Å². The number of ether oxygens (including phenoxy) is 4. The first-order valence-corrected chi connectivity index (χ1v) is 57.0. The molecule has 10 saturated carbocycles. The van der Waals surface area contributed by atoms with Gasteiger partial charge in [-0.15, -0.1) is 0 Å². The SMILES string of the molecule is C1CC1.C1CC2(C1)CC2.C1CC2CC2C1.C1CCC1.C1CCC1.C1CCCC1.C1CCCCCC1.C1CCCNCC1.C1CCCOCC1.C1CCNCC1.C1CCNCC1.C1CCOC1.C1CCOCC1.C1CCSC1.C1COCCN1.C1CSCCN1.C=C1CCCC1.O=C1CCCS1.O=S1(=O)CCCC1.O=S1(=O)CCNCC1. The number of nitrogens with one attached hydrogen (secondary N) is 6. The minimum Gasteiger partial charge on any atom is -0.381 e. The quantitative estimate of drug-likeness (QED) is 0.0989. The number of fused-ring (bicyclic) bond motifs is 1. The Bertz CT molecular complexity index is 1930. The summed E-state index contributed by atoms with van der Waals surface area (Å²) in [6, 6.07) is 0. The Labute approximate surface area is 731 Å². The largest absolute Gasteiger partial charge is 0.381 e. The van der Waals surface area contributed by atoms with Crippen LogP contribution in [0, 0.1) is 17.3 Å². The van der Waals surface area contributed by atoms with E-state index in [0.29, 0.717) is 41.2 Å². The highest BCUT2D eigenvalue weighted by Crippen LogP contribution is 2.60. The number of carbonyl (C=O) groups excluding carboxylic acids is 1. The van der Waals surface area contributed by atoms with E-state index >= 15 is 0 Å². The number of sulfone groups is 2. The van der Waals surface area contributed by atoms with Crippen LogP contribution >= 0.6 is 35.3 Å². The first-order valence-electron chi connectivity index (χ1n) is 50.0. The summed E-state index contributed by atoms with van der Waals surface area (Å²) >= 11 is 5.56. The van der Waals surface area contributed by atoms with E-state index in [-0.39, 0.29) is 0 Å². The van der Waals surface area contributed by atoms with Crippen LogP contribution in [0.2, 0.25) is 0 Å². The van der Waals surface area contributed by atoms with Crippen molar-refractivity contribution in [3.8, 4) is 0 Å². The Morgan fingerprint density at radius 1 is 0.267 bits per heavy atom. The maximum absolute atomic E-state index is 10.6. The molecule has 0 bridgehead atoms. The van der Waals surface area contributed by atoms with Gasteiger partial charge in [0.1, 0.15) is 9.84 Å². The molecule has 1 spiro atoms. The summed E-state index contributed by atoms with van der Waals surface area (Å²) in [5.74, 6) is 10.4. The summed E-state index contributed by atoms with van der Waals surface area (Å²) in [5.41, 5.74) is 2.43. The minimum absolute atomic E-state index is 0.312. The Hall–Kier alpha value is -0.0400. The maximum Gasteiger partial charge on any atom is 0.188 e. The van der Waals surface area contributed by atoms with E-state index in [9.17, 15) is 21.6 Å². The van der Waals surface area contributed by atoms with Crippen molar-refractivity contribution in [2.75, 3.05) is 183 Å². The van der Waals surface area contributed by atoms with Crippen LogP contribution in [0.5, 0.6) is 0 Å². The van der Waals surface area contributed by atoms with Crippen molar-refractivity contribution in [2.24, 2.45) is 17.3 Å². The first-order chi connectivity index (χ1) is 57.1. The van der Waals surface area contributed by atoms with Crippen LogP contribution in [-0.2, 0) is 43.4 Å². The highest BCUT2D eigenvalue weighted by Gasteiger charge is 2.47. The van der Waals surface area contributed by atoms with Crippen molar-refractivity contribution in [3.05, 3.63) is 12.2 Å². The van der Waals surface area contributed by atoms with Gasteiger partial charge in [-0.2, -0.15) is 23.5 Å². The number of carbonyl (C=O) groups is 1. The van der Waals surface area contributed by atoms with Gasteiger partial charge in [0.2, 0.25) is 0 Å². The molecule has 6 N–H and O–H groups in total. The Kier molecular flexibility index (Phi) is 80.2. The van der Waals surface area contributed by atoms with E-state index in [1.165, 1.54) is 426 Å². The second-order valence-corrected chi connectivity index (χ2v) is 43.8. The van der Waals surface area contributed by atoms with E-state index in [1.54, 1.807) is 44.9 Å². The van der Waals surface area contributed by atoms with Gasteiger partial charge in [0.05, 0.1) is 36.2 Å². The first kappa shape index (κ1) is 110.